The molecule has 3 heterocycles. The van der Waals surface area contributed by atoms with Gasteiger partial charge in [0.1, 0.15) is 0 Å². The van der Waals surface area contributed by atoms with Gasteiger partial charge in [-0.1, -0.05) is 0 Å². The summed E-state index contributed by atoms with van der Waals surface area (Å²) in [7, 11) is 0. The van der Waals surface area contributed by atoms with Gasteiger partial charge >= 0.3 is 0 Å². The van der Waals surface area contributed by atoms with Crippen LogP contribution in [0.4, 0.5) is 0 Å². The molecule has 4 nitrogen and oxygen atoms in total. The van der Waals surface area contributed by atoms with Gasteiger partial charge in [-0.3, -0.25) is 0 Å². The molecule has 90 valence electrons. The van der Waals surface area contributed by atoms with Gasteiger partial charge in [-0.25, -0.2) is 9.50 Å². The molecule has 0 bridgehead atoms. The summed E-state index contributed by atoms with van der Waals surface area (Å²) >= 11 is 3.44. The van der Waals surface area contributed by atoms with E-state index in [9.17, 15) is 0 Å². The van der Waals surface area contributed by atoms with Crippen molar-refractivity contribution in [1.29, 1.82) is 0 Å². The average molecular weight is 296 g/mol. The smallest absolute Gasteiger partial charge is 0.155 e. The summed E-state index contributed by atoms with van der Waals surface area (Å²) in [5.74, 6) is 1.61. The van der Waals surface area contributed by atoms with E-state index in [1.807, 2.05) is 22.8 Å². The topological polar surface area (TPSA) is 39.4 Å². The van der Waals surface area contributed by atoms with Crippen LogP contribution in [0.2, 0.25) is 0 Å². The molecule has 2 aromatic rings. The second kappa shape index (κ2) is 4.74. The monoisotopic (exact) mass is 295 g/mol. The van der Waals surface area contributed by atoms with Crippen LogP contribution in [0.3, 0.4) is 0 Å². The summed E-state index contributed by atoms with van der Waals surface area (Å²) in [5, 5.41) is 4.50. The number of halogens is 1. The highest BCUT2D eigenvalue weighted by Gasteiger charge is 2.16. The lowest BCUT2D eigenvalue weighted by atomic mass is 9.96. The normalized spacial score (nSPS) is 17.7. The Morgan fingerprint density at radius 2 is 2.18 bits per heavy atom. The van der Waals surface area contributed by atoms with Crippen molar-refractivity contribution < 1.29 is 4.74 Å². The van der Waals surface area contributed by atoms with Crippen LogP contribution in [0.25, 0.3) is 5.65 Å². The van der Waals surface area contributed by atoms with Crippen molar-refractivity contribution in [2.24, 2.45) is 5.92 Å². The Bertz CT molecular complexity index is 519. The van der Waals surface area contributed by atoms with Gasteiger partial charge in [0.15, 0.2) is 11.5 Å². The number of rotatable bonds is 2. The first kappa shape index (κ1) is 11.2. The van der Waals surface area contributed by atoms with Crippen LogP contribution in [-0.4, -0.2) is 27.8 Å². The van der Waals surface area contributed by atoms with Crippen LogP contribution < -0.4 is 0 Å². The second-order valence-electron chi connectivity index (χ2n) is 4.44. The molecule has 0 unspecified atom stereocenters. The number of ether oxygens (including phenoxy) is 1. The molecular weight excluding hydrogens is 282 g/mol. The number of pyridine rings is 1. The molecule has 1 aliphatic heterocycles. The van der Waals surface area contributed by atoms with Crippen molar-refractivity contribution in [3.8, 4) is 0 Å². The quantitative estimate of drug-likeness (QED) is 0.854. The predicted octanol–water partition coefficient (Wildman–Crippen LogP) is 2.46. The maximum absolute atomic E-state index is 5.36. The van der Waals surface area contributed by atoms with Gasteiger partial charge in [0.05, 0.1) is 0 Å². The van der Waals surface area contributed by atoms with Gasteiger partial charge in [0.2, 0.25) is 0 Å². The molecule has 0 atom stereocenters. The minimum Gasteiger partial charge on any atom is -0.381 e. The lowest BCUT2D eigenvalue weighted by Crippen LogP contribution is -2.18. The molecule has 17 heavy (non-hydrogen) atoms. The Hall–Kier alpha value is -0.940. The zero-order valence-electron chi connectivity index (χ0n) is 9.47. The van der Waals surface area contributed by atoms with Gasteiger partial charge in [0.25, 0.3) is 0 Å². The molecule has 0 aliphatic carbocycles. The first-order valence-corrected chi connectivity index (χ1v) is 6.69. The summed E-state index contributed by atoms with van der Waals surface area (Å²) in [6.07, 6.45) is 5.15. The fraction of sp³-hybridized carbons (Fsp3) is 0.500. The lowest BCUT2D eigenvalue weighted by Gasteiger charge is -2.20. The summed E-state index contributed by atoms with van der Waals surface area (Å²) < 4.78 is 8.21. The summed E-state index contributed by atoms with van der Waals surface area (Å²) in [6, 6.07) is 3.97. The van der Waals surface area contributed by atoms with Crippen LogP contribution >= 0.6 is 15.9 Å². The molecule has 1 fully saturated rings. The van der Waals surface area contributed by atoms with Crippen molar-refractivity contribution in [1.82, 2.24) is 14.6 Å². The number of fused-ring (bicyclic) bond motifs is 1. The van der Waals surface area contributed by atoms with E-state index in [4.69, 9.17) is 4.74 Å². The highest BCUT2D eigenvalue weighted by atomic mass is 79.9. The third-order valence-electron chi connectivity index (χ3n) is 3.15. The van der Waals surface area contributed by atoms with E-state index in [1.165, 1.54) is 0 Å². The Balaban J connectivity index is 1.80. The van der Waals surface area contributed by atoms with Crippen molar-refractivity contribution >= 4 is 21.6 Å². The Kier molecular flexibility index (Phi) is 3.11. The van der Waals surface area contributed by atoms with Crippen LogP contribution in [-0.2, 0) is 11.2 Å². The van der Waals surface area contributed by atoms with Crippen molar-refractivity contribution in [2.45, 2.75) is 19.3 Å². The molecule has 0 spiro atoms. The highest BCUT2D eigenvalue weighted by Crippen LogP contribution is 2.19. The predicted molar refractivity (Wildman–Crippen MR) is 67.9 cm³/mol. The zero-order valence-corrected chi connectivity index (χ0v) is 11.1. The summed E-state index contributed by atoms with van der Waals surface area (Å²) in [6.45, 7) is 1.76. The Morgan fingerprint density at radius 1 is 1.35 bits per heavy atom. The van der Waals surface area contributed by atoms with Gasteiger partial charge in [0, 0.05) is 30.3 Å². The first-order chi connectivity index (χ1) is 8.31. The van der Waals surface area contributed by atoms with Crippen LogP contribution in [0.1, 0.15) is 18.7 Å². The average Bonchev–Trinajstić information content (AvgIpc) is 2.71. The molecule has 0 N–H and O–H groups in total. The summed E-state index contributed by atoms with van der Waals surface area (Å²) in [5.41, 5.74) is 0.912. The number of nitrogens with zero attached hydrogens (tertiary/aromatic N) is 3. The van der Waals surface area contributed by atoms with Crippen molar-refractivity contribution in [3.05, 3.63) is 28.6 Å². The number of aromatic nitrogens is 3. The molecule has 3 rings (SSSR count). The second-order valence-corrected chi connectivity index (χ2v) is 5.35. The van der Waals surface area contributed by atoms with Crippen molar-refractivity contribution in [3.63, 3.8) is 0 Å². The van der Waals surface area contributed by atoms with Crippen LogP contribution in [0.15, 0.2) is 22.8 Å². The molecule has 1 saturated heterocycles. The third-order valence-corrected chi connectivity index (χ3v) is 3.62. The van der Waals surface area contributed by atoms with Gasteiger partial charge in [-0.15, -0.1) is 0 Å². The third kappa shape index (κ3) is 2.50. The molecule has 0 amide bonds. The van der Waals surface area contributed by atoms with Crippen LogP contribution in [0.5, 0.6) is 0 Å². The zero-order chi connectivity index (χ0) is 11.7. The van der Waals surface area contributed by atoms with E-state index in [0.717, 1.165) is 48.4 Å². The van der Waals surface area contributed by atoms with E-state index in [2.05, 4.69) is 26.0 Å². The SMILES string of the molecule is Brc1ccc2nc(CC3CCOCC3)nn2c1. The van der Waals surface area contributed by atoms with Crippen molar-refractivity contribution in [2.75, 3.05) is 13.2 Å². The molecule has 5 heteroatoms. The van der Waals surface area contributed by atoms with Gasteiger partial charge in [-0.05, 0) is 46.8 Å². The molecule has 0 aromatic carbocycles. The maximum atomic E-state index is 5.36. The molecular formula is C12H14BrN3O. The Morgan fingerprint density at radius 3 is 3.00 bits per heavy atom. The van der Waals surface area contributed by atoms with E-state index in [1.54, 1.807) is 0 Å². The minimum absolute atomic E-state index is 0.671. The number of hydrogen-bond donors (Lipinski definition) is 0. The minimum atomic E-state index is 0.671. The first-order valence-electron chi connectivity index (χ1n) is 5.90. The Labute approximate surface area is 108 Å². The maximum Gasteiger partial charge on any atom is 0.155 e. The molecule has 0 radical (unpaired) electrons. The van der Waals surface area contributed by atoms with E-state index in [-0.39, 0.29) is 0 Å². The standard InChI is InChI=1S/C12H14BrN3O/c13-10-1-2-12-14-11(15-16(12)8-10)7-9-3-5-17-6-4-9/h1-2,8-9H,3-7H2. The fourth-order valence-corrected chi connectivity index (χ4v) is 2.53. The number of hydrogen-bond acceptors (Lipinski definition) is 3. The van der Waals surface area contributed by atoms with E-state index >= 15 is 0 Å². The highest BCUT2D eigenvalue weighted by molar-refractivity contribution is 9.10. The largest absolute Gasteiger partial charge is 0.381 e. The van der Waals surface area contributed by atoms with E-state index in [0.29, 0.717) is 5.92 Å². The lowest BCUT2D eigenvalue weighted by molar-refractivity contribution is 0.0660. The van der Waals surface area contributed by atoms with Crippen LogP contribution in [0, 0.1) is 5.92 Å². The molecule has 2 aromatic heterocycles. The van der Waals surface area contributed by atoms with Gasteiger partial charge in [-0.2, -0.15) is 5.10 Å². The molecule has 0 saturated carbocycles. The van der Waals surface area contributed by atoms with Gasteiger partial charge < -0.3 is 4.74 Å². The summed E-state index contributed by atoms with van der Waals surface area (Å²) in [4.78, 5) is 4.54. The molecule has 1 aliphatic rings. The van der Waals surface area contributed by atoms with E-state index < -0.39 is 0 Å². The fourth-order valence-electron chi connectivity index (χ4n) is 2.20.